The van der Waals surface area contributed by atoms with Crippen LogP contribution in [0.5, 0.6) is 0 Å². The predicted molar refractivity (Wildman–Crippen MR) is 72.3 cm³/mol. The Morgan fingerprint density at radius 1 is 1.50 bits per heavy atom. The maximum Gasteiger partial charge on any atom is 0.292 e. The maximum atomic E-state index is 11.0. The van der Waals surface area contributed by atoms with Crippen LogP contribution in [0.25, 0.3) is 0 Å². The molecule has 0 aliphatic heterocycles. The molecule has 0 radical (unpaired) electrons. The van der Waals surface area contributed by atoms with Crippen molar-refractivity contribution < 1.29 is 10.0 Å². The number of hydrogen-bond donors (Lipinski definition) is 1. The van der Waals surface area contributed by atoms with Gasteiger partial charge in [-0.1, -0.05) is 11.6 Å². The summed E-state index contributed by atoms with van der Waals surface area (Å²) >= 11 is 5.88. The summed E-state index contributed by atoms with van der Waals surface area (Å²) in [5.74, 6) is 0. The Morgan fingerprint density at radius 3 is 2.56 bits per heavy atom. The zero-order chi connectivity index (χ0) is 13.9. The van der Waals surface area contributed by atoms with Crippen LogP contribution in [-0.4, -0.2) is 28.7 Å². The first-order valence-corrected chi connectivity index (χ1v) is 6.03. The Morgan fingerprint density at radius 2 is 2.11 bits per heavy atom. The number of halogens is 1. The topological polar surface area (TPSA) is 66.6 Å². The van der Waals surface area contributed by atoms with Crippen molar-refractivity contribution in [3.63, 3.8) is 0 Å². The van der Waals surface area contributed by atoms with Crippen molar-refractivity contribution in [1.82, 2.24) is 0 Å². The third-order valence-corrected chi connectivity index (χ3v) is 2.67. The second kappa shape index (κ2) is 5.54. The molecule has 0 saturated carbocycles. The Hall–Kier alpha value is -1.33. The standard InChI is InChI=1S/C12H17ClN2O3/c1-4-14(8-12(2,3)16)11-7-9(13)5-6-10(11)15(17)18/h5-7,16H,4,8H2,1-3H3. The molecule has 0 unspecified atom stereocenters. The Kier molecular flexibility index (Phi) is 4.53. The Bertz CT molecular complexity index is 443. The van der Waals surface area contributed by atoms with E-state index in [1.807, 2.05) is 6.92 Å². The summed E-state index contributed by atoms with van der Waals surface area (Å²) in [5.41, 5.74) is -0.519. The van der Waals surface area contributed by atoms with Gasteiger partial charge < -0.3 is 10.0 Å². The van der Waals surface area contributed by atoms with E-state index >= 15 is 0 Å². The molecule has 5 nitrogen and oxygen atoms in total. The number of likely N-dealkylation sites (N-methyl/N-ethyl adjacent to an activating group) is 1. The first kappa shape index (κ1) is 14.7. The van der Waals surface area contributed by atoms with E-state index in [0.717, 1.165) is 0 Å². The van der Waals surface area contributed by atoms with Gasteiger partial charge in [-0.2, -0.15) is 0 Å². The van der Waals surface area contributed by atoms with Gasteiger partial charge in [0.05, 0.1) is 10.5 Å². The van der Waals surface area contributed by atoms with Crippen LogP contribution in [0.15, 0.2) is 18.2 Å². The minimum Gasteiger partial charge on any atom is -0.389 e. The van der Waals surface area contributed by atoms with Crippen LogP contribution in [0.3, 0.4) is 0 Å². The molecule has 100 valence electrons. The molecule has 1 aromatic rings. The summed E-state index contributed by atoms with van der Waals surface area (Å²) in [4.78, 5) is 12.3. The lowest BCUT2D eigenvalue weighted by atomic mass is 10.1. The fourth-order valence-corrected chi connectivity index (χ4v) is 1.90. The SMILES string of the molecule is CCN(CC(C)(C)O)c1cc(Cl)ccc1[N+](=O)[O-]. The third-order valence-electron chi connectivity index (χ3n) is 2.43. The number of nitrogens with zero attached hydrogens (tertiary/aromatic N) is 2. The van der Waals surface area contributed by atoms with Gasteiger partial charge in [0, 0.05) is 24.2 Å². The molecule has 0 aliphatic rings. The molecule has 0 fully saturated rings. The van der Waals surface area contributed by atoms with Crippen molar-refractivity contribution in [3.05, 3.63) is 33.3 Å². The van der Waals surface area contributed by atoms with Crippen LogP contribution >= 0.6 is 11.6 Å². The first-order chi connectivity index (χ1) is 8.24. The van der Waals surface area contributed by atoms with Crippen molar-refractivity contribution in [2.45, 2.75) is 26.4 Å². The second-order valence-corrected chi connectivity index (χ2v) is 5.15. The summed E-state index contributed by atoms with van der Waals surface area (Å²) in [7, 11) is 0. The van der Waals surface area contributed by atoms with Gasteiger partial charge in [0.15, 0.2) is 0 Å². The lowest BCUT2D eigenvalue weighted by Crippen LogP contribution is -2.38. The van der Waals surface area contributed by atoms with E-state index in [0.29, 0.717) is 23.8 Å². The molecule has 0 aliphatic carbocycles. The highest BCUT2D eigenvalue weighted by Crippen LogP contribution is 2.31. The molecule has 0 aromatic heterocycles. The van der Waals surface area contributed by atoms with Crippen molar-refractivity contribution >= 4 is 23.0 Å². The Labute approximate surface area is 111 Å². The van der Waals surface area contributed by atoms with Gasteiger partial charge in [0.2, 0.25) is 0 Å². The molecule has 6 heteroatoms. The molecular weight excluding hydrogens is 256 g/mol. The zero-order valence-electron chi connectivity index (χ0n) is 10.7. The highest BCUT2D eigenvalue weighted by atomic mass is 35.5. The van der Waals surface area contributed by atoms with E-state index in [2.05, 4.69) is 0 Å². The number of hydrogen-bond acceptors (Lipinski definition) is 4. The highest BCUT2D eigenvalue weighted by Gasteiger charge is 2.23. The normalized spacial score (nSPS) is 11.4. The second-order valence-electron chi connectivity index (χ2n) is 4.72. The molecule has 0 atom stereocenters. The van der Waals surface area contributed by atoms with Gasteiger partial charge in [-0.05, 0) is 32.9 Å². The minimum atomic E-state index is -0.938. The average Bonchev–Trinajstić information content (AvgIpc) is 2.24. The van der Waals surface area contributed by atoms with E-state index in [1.165, 1.54) is 12.1 Å². The van der Waals surface area contributed by atoms with Crippen molar-refractivity contribution in [3.8, 4) is 0 Å². The quantitative estimate of drug-likeness (QED) is 0.661. The average molecular weight is 273 g/mol. The molecular formula is C12H17ClN2O3. The van der Waals surface area contributed by atoms with Crippen LogP contribution < -0.4 is 4.90 Å². The molecule has 1 rings (SSSR count). The number of rotatable bonds is 5. The smallest absolute Gasteiger partial charge is 0.292 e. The van der Waals surface area contributed by atoms with Crippen LogP contribution in [-0.2, 0) is 0 Å². The van der Waals surface area contributed by atoms with Gasteiger partial charge in [0.1, 0.15) is 5.69 Å². The summed E-state index contributed by atoms with van der Waals surface area (Å²) in [6, 6.07) is 4.42. The largest absolute Gasteiger partial charge is 0.389 e. The molecule has 0 spiro atoms. The van der Waals surface area contributed by atoms with Crippen LogP contribution in [0.1, 0.15) is 20.8 Å². The van der Waals surface area contributed by atoms with E-state index in [9.17, 15) is 15.2 Å². The van der Waals surface area contributed by atoms with Gasteiger partial charge in [-0.25, -0.2) is 0 Å². The molecule has 0 amide bonds. The summed E-state index contributed by atoms with van der Waals surface area (Å²) in [5, 5.41) is 21.3. The lowest BCUT2D eigenvalue weighted by molar-refractivity contribution is -0.384. The van der Waals surface area contributed by atoms with Gasteiger partial charge in [-0.15, -0.1) is 0 Å². The van der Waals surface area contributed by atoms with Crippen molar-refractivity contribution in [2.24, 2.45) is 0 Å². The van der Waals surface area contributed by atoms with Crippen LogP contribution in [0.4, 0.5) is 11.4 Å². The number of anilines is 1. The first-order valence-electron chi connectivity index (χ1n) is 5.66. The van der Waals surface area contributed by atoms with Crippen molar-refractivity contribution in [2.75, 3.05) is 18.0 Å². The van der Waals surface area contributed by atoms with Crippen LogP contribution in [0.2, 0.25) is 5.02 Å². The third kappa shape index (κ3) is 3.85. The molecule has 0 saturated heterocycles. The molecule has 0 bridgehead atoms. The van der Waals surface area contributed by atoms with Crippen LogP contribution in [0, 0.1) is 10.1 Å². The van der Waals surface area contributed by atoms with E-state index < -0.39 is 10.5 Å². The highest BCUT2D eigenvalue weighted by molar-refractivity contribution is 6.31. The Balaban J connectivity index is 3.19. The monoisotopic (exact) mass is 272 g/mol. The molecule has 0 heterocycles. The summed E-state index contributed by atoms with van der Waals surface area (Å²) in [6.07, 6.45) is 0. The van der Waals surface area contributed by atoms with Gasteiger partial charge in [-0.3, -0.25) is 10.1 Å². The lowest BCUT2D eigenvalue weighted by Gasteiger charge is -2.29. The van der Waals surface area contributed by atoms with Gasteiger partial charge in [0.25, 0.3) is 5.69 Å². The number of nitro benzene ring substituents is 1. The minimum absolute atomic E-state index is 0.00880. The summed E-state index contributed by atoms with van der Waals surface area (Å²) < 4.78 is 0. The van der Waals surface area contributed by atoms with E-state index in [4.69, 9.17) is 11.6 Å². The fourth-order valence-electron chi connectivity index (χ4n) is 1.74. The number of nitro groups is 1. The maximum absolute atomic E-state index is 11.0. The molecule has 1 N–H and O–H groups in total. The van der Waals surface area contributed by atoms with Crippen molar-refractivity contribution in [1.29, 1.82) is 0 Å². The summed E-state index contributed by atoms with van der Waals surface area (Å²) in [6.45, 7) is 6.03. The zero-order valence-corrected chi connectivity index (χ0v) is 11.4. The fraction of sp³-hybridized carbons (Fsp3) is 0.500. The van der Waals surface area contributed by atoms with E-state index in [-0.39, 0.29) is 5.69 Å². The molecule has 1 aromatic carbocycles. The number of aliphatic hydroxyl groups is 1. The van der Waals surface area contributed by atoms with Gasteiger partial charge >= 0.3 is 0 Å². The number of benzene rings is 1. The predicted octanol–water partition coefficient (Wildman–Crippen LogP) is 2.85. The molecule has 18 heavy (non-hydrogen) atoms. The van der Waals surface area contributed by atoms with E-state index in [1.54, 1.807) is 24.8 Å².